The Morgan fingerprint density at radius 3 is 3.00 bits per heavy atom. The zero-order chi connectivity index (χ0) is 14.3. The van der Waals surface area contributed by atoms with Crippen molar-refractivity contribution >= 4 is 28.1 Å². The van der Waals surface area contributed by atoms with Crippen LogP contribution in [0.3, 0.4) is 0 Å². The molecule has 20 heavy (non-hydrogen) atoms. The van der Waals surface area contributed by atoms with Gasteiger partial charge in [-0.1, -0.05) is 6.92 Å². The Kier molecular flexibility index (Phi) is 3.01. The minimum Gasteiger partial charge on any atom is -0.340 e. The quantitative estimate of drug-likeness (QED) is 0.918. The lowest BCUT2D eigenvalue weighted by atomic mass is 9.94. The SMILES string of the molecule is CCC1(C)NC(=O)CN(Cc2cn3ccsc3n2)C1=O. The summed E-state index contributed by atoms with van der Waals surface area (Å²) in [5, 5.41) is 4.73. The number of imidazole rings is 1. The summed E-state index contributed by atoms with van der Waals surface area (Å²) in [6, 6.07) is 0. The van der Waals surface area contributed by atoms with E-state index in [2.05, 4.69) is 10.3 Å². The second-order valence-corrected chi connectivity index (χ2v) is 6.09. The van der Waals surface area contributed by atoms with E-state index in [4.69, 9.17) is 0 Å². The van der Waals surface area contributed by atoms with Gasteiger partial charge in [0.2, 0.25) is 11.8 Å². The molecule has 2 amide bonds. The standard InChI is InChI=1S/C13H16N4O2S/c1-3-13(2)11(19)17(8-10(18)15-13)7-9-6-16-4-5-20-12(16)14-9/h4-6H,3,7-8H2,1-2H3,(H,15,18). The molecular formula is C13H16N4O2S. The molecule has 6 nitrogen and oxygen atoms in total. The molecule has 3 rings (SSSR count). The lowest BCUT2D eigenvalue weighted by Gasteiger charge is -2.38. The minimum atomic E-state index is -0.799. The van der Waals surface area contributed by atoms with E-state index in [1.165, 1.54) is 0 Å². The number of nitrogens with zero attached hydrogens (tertiary/aromatic N) is 3. The Hall–Kier alpha value is -1.89. The van der Waals surface area contributed by atoms with Crippen LogP contribution in [-0.2, 0) is 16.1 Å². The number of hydrogen-bond acceptors (Lipinski definition) is 4. The molecule has 1 saturated heterocycles. The van der Waals surface area contributed by atoms with Crippen molar-refractivity contribution in [3.63, 3.8) is 0 Å². The molecule has 1 atom stereocenters. The van der Waals surface area contributed by atoms with Gasteiger partial charge in [0.1, 0.15) is 12.1 Å². The van der Waals surface area contributed by atoms with Gasteiger partial charge < -0.3 is 10.2 Å². The molecule has 0 bridgehead atoms. The summed E-state index contributed by atoms with van der Waals surface area (Å²) >= 11 is 1.54. The van der Waals surface area contributed by atoms with E-state index in [-0.39, 0.29) is 18.4 Å². The summed E-state index contributed by atoms with van der Waals surface area (Å²) in [5.74, 6) is -0.161. The summed E-state index contributed by atoms with van der Waals surface area (Å²) in [5.41, 5.74) is 0.00487. The number of nitrogens with one attached hydrogen (secondary N) is 1. The third kappa shape index (κ3) is 2.07. The van der Waals surface area contributed by atoms with Crippen LogP contribution in [0, 0.1) is 0 Å². The molecule has 2 aromatic rings. The smallest absolute Gasteiger partial charge is 0.248 e. The summed E-state index contributed by atoms with van der Waals surface area (Å²) in [6.07, 6.45) is 4.40. The van der Waals surface area contributed by atoms with Crippen molar-refractivity contribution in [2.24, 2.45) is 0 Å². The van der Waals surface area contributed by atoms with Crippen molar-refractivity contribution in [1.29, 1.82) is 0 Å². The van der Waals surface area contributed by atoms with Crippen molar-refractivity contribution in [2.75, 3.05) is 6.54 Å². The van der Waals surface area contributed by atoms with Gasteiger partial charge in [-0.2, -0.15) is 0 Å². The van der Waals surface area contributed by atoms with E-state index in [0.29, 0.717) is 13.0 Å². The van der Waals surface area contributed by atoms with Crippen molar-refractivity contribution < 1.29 is 9.59 Å². The fourth-order valence-corrected chi connectivity index (χ4v) is 3.13. The number of piperazine rings is 1. The first kappa shape index (κ1) is 13.1. The van der Waals surface area contributed by atoms with Gasteiger partial charge in [-0.25, -0.2) is 4.98 Å². The molecule has 0 radical (unpaired) electrons. The third-order valence-corrected chi connectivity index (χ3v) is 4.48. The first-order chi connectivity index (χ1) is 9.51. The highest BCUT2D eigenvalue weighted by atomic mass is 32.1. The number of thiazole rings is 1. The highest BCUT2D eigenvalue weighted by Gasteiger charge is 2.41. The van der Waals surface area contributed by atoms with Crippen LogP contribution in [0.25, 0.3) is 4.96 Å². The van der Waals surface area contributed by atoms with Crippen LogP contribution >= 0.6 is 11.3 Å². The van der Waals surface area contributed by atoms with E-state index in [1.54, 1.807) is 23.2 Å². The van der Waals surface area contributed by atoms with Crippen LogP contribution in [0.5, 0.6) is 0 Å². The molecule has 0 aromatic carbocycles. The predicted octanol–water partition coefficient (Wildman–Crippen LogP) is 1.02. The molecular weight excluding hydrogens is 276 g/mol. The third-order valence-electron chi connectivity index (χ3n) is 3.71. The molecule has 106 valence electrons. The summed E-state index contributed by atoms with van der Waals surface area (Å²) in [6.45, 7) is 4.13. The molecule has 1 unspecified atom stereocenters. The van der Waals surface area contributed by atoms with Gasteiger partial charge >= 0.3 is 0 Å². The van der Waals surface area contributed by atoms with E-state index in [9.17, 15) is 9.59 Å². The zero-order valence-corrected chi connectivity index (χ0v) is 12.2. The van der Waals surface area contributed by atoms with Gasteiger partial charge in [-0.15, -0.1) is 11.3 Å². The zero-order valence-electron chi connectivity index (χ0n) is 11.4. The molecule has 7 heteroatoms. The van der Waals surface area contributed by atoms with Crippen LogP contribution in [0.15, 0.2) is 17.8 Å². The first-order valence-electron chi connectivity index (χ1n) is 6.53. The lowest BCUT2D eigenvalue weighted by Crippen LogP contribution is -2.64. The van der Waals surface area contributed by atoms with Crippen LogP contribution < -0.4 is 5.32 Å². The average Bonchev–Trinajstić information content (AvgIpc) is 2.96. The normalized spacial score (nSPS) is 23.4. The summed E-state index contributed by atoms with van der Waals surface area (Å²) < 4.78 is 1.92. The van der Waals surface area contributed by atoms with E-state index in [1.807, 2.05) is 29.1 Å². The van der Waals surface area contributed by atoms with E-state index >= 15 is 0 Å². The van der Waals surface area contributed by atoms with Crippen LogP contribution in [-0.4, -0.2) is 38.2 Å². The Labute approximate surface area is 120 Å². The number of fused-ring (bicyclic) bond motifs is 1. The fraction of sp³-hybridized carbons (Fsp3) is 0.462. The van der Waals surface area contributed by atoms with Crippen LogP contribution in [0.1, 0.15) is 26.0 Å². The van der Waals surface area contributed by atoms with Gasteiger partial charge in [0.25, 0.3) is 0 Å². The molecule has 0 saturated carbocycles. The van der Waals surface area contributed by atoms with Crippen LogP contribution in [0.4, 0.5) is 0 Å². The largest absolute Gasteiger partial charge is 0.340 e. The molecule has 0 aliphatic carbocycles. The Bertz CT molecular complexity index is 648. The van der Waals surface area contributed by atoms with E-state index in [0.717, 1.165) is 10.7 Å². The highest BCUT2D eigenvalue weighted by molar-refractivity contribution is 7.15. The van der Waals surface area contributed by atoms with E-state index < -0.39 is 5.54 Å². The second kappa shape index (κ2) is 4.59. The Balaban J connectivity index is 1.83. The van der Waals surface area contributed by atoms with Gasteiger partial charge in [-0.3, -0.25) is 14.0 Å². The van der Waals surface area contributed by atoms with Crippen molar-refractivity contribution in [1.82, 2.24) is 19.6 Å². The molecule has 1 aliphatic heterocycles. The Morgan fingerprint density at radius 2 is 2.30 bits per heavy atom. The first-order valence-corrected chi connectivity index (χ1v) is 7.41. The Morgan fingerprint density at radius 1 is 1.50 bits per heavy atom. The molecule has 1 fully saturated rings. The second-order valence-electron chi connectivity index (χ2n) is 5.22. The number of carbonyl (C=O) groups is 2. The summed E-state index contributed by atoms with van der Waals surface area (Å²) in [4.78, 5) is 31.2. The summed E-state index contributed by atoms with van der Waals surface area (Å²) in [7, 11) is 0. The molecule has 1 N–H and O–H groups in total. The molecule has 1 aliphatic rings. The number of hydrogen-bond donors (Lipinski definition) is 1. The maximum Gasteiger partial charge on any atom is 0.248 e. The van der Waals surface area contributed by atoms with Crippen molar-refractivity contribution in [2.45, 2.75) is 32.4 Å². The topological polar surface area (TPSA) is 66.7 Å². The maximum atomic E-state index is 12.5. The molecule has 0 spiro atoms. The molecule has 2 aromatic heterocycles. The van der Waals surface area contributed by atoms with Gasteiger partial charge in [-0.05, 0) is 13.3 Å². The number of aromatic nitrogens is 2. The monoisotopic (exact) mass is 292 g/mol. The number of carbonyl (C=O) groups excluding carboxylic acids is 2. The average molecular weight is 292 g/mol. The maximum absolute atomic E-state index is 12.5. The lowest BCUT2D eigenvalue weighted by molar-refractivity contribution is -0.150. The number of amides is 2. The van der Waals surface area contributed by atoms with Crippen molar-refractivity contribution in [3.8, 4) is 0 Å². The number of rotatable bonds is 3. The fourth-order valence-electron chi connectivity index (χ4n) is 2.41. The van der Waals surface area contributed by atoms with Gasteiger partial charge in [0.05, 0.1) is 12.2 Å². The van der Waals surface area contributed by atoms with Gasteiger partial charge in [0, 0.05) is 17.8 Å². The van der Waals surface area contributed by atoms with Crippen LogP contribution in [0.2, 0.25) is 0 Å². The minimum absolute atomic E-state index is 0.0454. The molecule has 3 heterocycles. The van der Waals surface area contributed by atoms with Gasteiger partial charge in [0.15, 0.2) is 4.96 Å². The van der Waals surface area contributed by atoms with Crippen molar-refractivity contribution in [3.05, 3.63) is 23.5 Å². The predicted molar refractivity (Wildman–Crippen MR) is 75.3 cm³/mol. The highest BCUT2D eigenvalue weighted by Crippen LogP contribution is 2.20.